The van der Waals surface area contributed by atoms with E-state index in [0.717, 1.165) is 12.2 Å². The molecule has 0 fully saturated rings. The lowest BCUT2D eigenvalue weighted by molar-refractivity contribution is 0.00476. The lowest BCUT2D eigenvalue weighted by Crippen LogP contribution is -2.14. The summed E-state index contributed by atoms with van der Waals surface area (Å²) in [6.07, 6.45) is 10.1. The maximum atomic E-state index is 10.3. The van der Waals surface area contributed by atoms with E-state index in [2.05, 4.69) is 23.2 Å². The first-order valence-electron chi connectivity index (χ1n) is 11.6. The van der Waals surface area contributed by atoms with Gasteiger partial charge in [-0.3, -0.25) is 4.55 Å². The van der Waals surface area contributed by atoms with E-state index in [1.807, 2.05) is 12.1 Å². The predicted octanol–water partition coefficient (Wildman–Crippen LogP) is 4.60. The van der Waals surface area contributed by atoms with E-state index in [9.17, 15) is 8.42 Å². The molecule has 1 aromatic carbocycles. The van der Waals surface area contributed by atoms with E-state index < -0.39 is 10.4 Å². The summed E-state index contributed by atoms with van der Waals surface area (Å²) in [7, 11) is -4.40. The Hall–Kier alpha value is -1.27. The lowest BCUT2D eigenvalue weighted by atomic mass is 10.0. The molecule has 0 unspecified atom stereocenters. The van der Waals surface area contributed by atoms with Gasteiger partial charge in [-0.25, -0.2) is 4.18 Å². The van der Waals surface area contributed by atoms with Crippen LogP contribution < -0.4 is 10.9 Å². The zero-order valence-corrected chi connectivity index (χ0v) is 21.2. The Morgan fingerprint density at radius 3 is 1.85 bits per heavy atom. The predicted molar refractivity (Wildman–Crippen MR) is 130 cm³/mol. The van der Waals surface area contributed by atoms with Gasteiger partial charge in [0.2, 0.25) is 0 Å². The van der Waals surface area contributed by atoms with Crippen LogP contribution in [0.5, 0.6) is 5.75 Å². The fourth-order valence-corrected chi connectivity index (χ4v) is 3.35. The molecule has 33 heavy (non-hydrogen) atoms. The van der Waals surface area contributed by atoms with Gasteiger partial charge in [-0.1, -0.05) is 63.6 Å². The van der Waals surface area contributed by atoms with Crippen LogP contribution in [0.3, 0.4) is 0 Å². The van der Waals surface area contributed by atoms with E-state index in [1.54, 1.807) is 0 Å². The topological polar surface area (TPSA) is 137 Å². The van der Waals surface area contributed by atoms with E-state index in [0.29, 0.717) is 39.6 Å². The average molecular weight is 495 g/mol. The van der Waals surface area contributed by atoms with Gasteiger partial charge < -0.3 is 25.1 Å². The van der Waals surface area contributed by atoms with Gasteiger partial charge in [0.25, 0.3) is 0 Å². The molecule has 0 saturated heterocycles. The maximum absolute atomic E-state index is 10.3. The molecule has 0 aromatic heterocycles. The molecular formula is C23H44NO8S+. The van der Waals surface area contributed by atoms with Crippen LogP contribution in [0.1, 0.15) is 57.4 Å². The first-order valence-corrected chi connectivity index (χ1v) is 12.9. The molecule has 0 aliphatic heterocycles. The van der Waals surface area contributed by atoms with Gasteiger partial charge in [-0.2, -0.15) is 8.42 Å². The number of aryl methyl sites for hydroxylation is 1. The van der Waals surface area contributed by atoms with Gasteiger partial charge in [0.05, 0.1) is 46.2 Å². The molecule has 0 atom stereocenters. The second-order valence-electron chi connectivity index (χ2n) is 7.41. The summed E-state index contributed by atoms with van der Waals surface area (Å²) in [6, 6.07) is 8.20. The number of para-hydroxylation sites is 1. The highest BCUT2D eigenvalue weighted by Crippen LogP contribution is 2.21. The summed E-state index contributed by atoms with van der Waals surface area (Å²) < 4.78 is 55.0. The Bertz CT molecular complexity index is 672. The minimum atomic E-state index is -4.40. The first kappa shape index (κ1) is 31.7. The molecule has 0 saturated carbocycles. The molecule has 1 rings (SSSR count). The monoisotopic (exact) mass is 494 g/mol. The summed E-state index contributed by atoms with van der Waals surface area (Å²) in [5, 5.41) is 0. The summed E-state index contributed by atoms with van der Waals surface area (Å²) >= 11 is 0. The second-order valence-corrected chi connectivity index (χ2v) is 8.51. The molecule has 10 heteroatoms. The fourth-order valence-electron chi connectivity index (χ4n) is 3.07. The van der Waals surface area contributed by atoms with E-state index >= 15 is 0 Å². The molecule has 194 valence electrons. The van der Waals surface area contributed by atoms with Crippen molar-refractivity contribution in [1.82, 2.24) is 6.15 Å². The van der Waals surface area contributed by atoms with Crippen LogP contribution in [0.4, 0.5) is 0 Å². The van der Waals surface area contributed by atoms with Crippen LogP contribution >= 0.6 is 0 Å². The van der Waals surface area contributed by atoms with Gasteiger partial charge in [0.1, 0.15) is 12.4 Å². The molecule has 0 amide bonds. The normalized spacial score (nSPS) is 11.3. The molecule has 0 heterocycles. The van der Waals surface area contributed by atoms with Crippen molar-refractivity contribution in [2.75, 3.05) is 52.9 Å². The average Bonchev–Trinajstić information content (AvgIpc) is 2.76. The molecule has 5 N–H and O–H groups in total. The van der Waals surface area contributed by atoms with Crippen molar-refractivity contribution in [2.45, 2.75) is 58.3 Å². The molecule has 0 spiro atoms. The van der Waals surface area contributed by atoms with E-state index in [-0.39, 0.29) is 19.4 Å². The van der Waals surface area contributed by atoms with Crippen molar-refractivity contribution in [2.24, 2.45) is 0 Å². The largest absolute Gasteiger partial charge is 0.491 e. The lowest BCUT2D eigenvalue weighted by Gasteiger charge is -2.12. The third-order valence-corrected chi connectivity index (χ3v) is 5.18. The number of unbranched alkanes of at least 4 members (excludes halogenated alkanes) is 6. The number of hydrogen-bond acceptors (Lipinski definition) is 7. The van der Waals surface area contributed by atoms with Crippen LogP contribution in [0.15, 0.2) is 24.3 Å². The highest BCUT2D eigenvalue weighted by Gasteiger charge is 2.04. The minimum absolute atomic E-state index is 0. The molecule has 0 aliphatic carbocycles. The smallest absolute Gasteiger partial charge is 0.397 e. The van der Waals surface area contributed by atoms with E-state index in [1.165, 1.54) is 50.5 Å². The molecular weight excluding hydrogens is 450 g/mol. The van der Waals surface area contributed by atoms with Crippen molar-refractivity contribution >= 4 is 10.4 Å². The van der Waals surface area contributed by atoms with Gasteiger partial charge in [-0.15, -0.1) is 0 Å². The summed E-state index contributed by atoms with van der Waals surface area (Å²) in [4.78, 5) is 0. The van der Waals surface area contributed by atoms with Gasteiger partial charge in [0.15, 0.2) is 0 Å². The zero-order chi connectivity index (χ0) is 23.3. The molecule has 0 aliphatic rings. The van der Waals surface area contributed by atoms with Gasteiger partial charge >= 0.3 is 10.4 Å². The first-order chi connectivity index (χ1) is 15.5. The SMILES string of the molecule is CCCCCCCCCc1ccccc1OCCOCCOCCOCCOS(=O)(=O)O.[NH4+]. The van der Waals surface area contributed by atoms with Crippen LogP contribution in [-0.2, 0) is 35.2 Å². The van der Waals surface area contributed by atoms with Crippen molar-refractivity contribution in [3.63, 3.8) is 0 Å². The van der Waals surface area contributed by atoms with Crippen molar-refractivity contribution in [1.29, 1.82) is 0 Å². The molecule has 0 radical (unpaired) electrons. The highest BCUT2D eigenvalue weighted by atomic mass is 32.3. The van der Waals surface area contributed by atoms with E-state index in [4.69, 9.17) is 23.5 Å². The van der Waals surface area contributed by atoms with Crippen molar-refractivity contribution in [3.8, 4) is 5.75 Å². The number of ether oxygens (including phenoxy) is 4. The summed E-state index contributed by atoms with van der Waals surface area (Å²) in [6.45, 7) is 4.58. The quantitative estimate of drug-likeness (QED) is 0.176. The Labute approximate surface area is 199 Å². The molecule has 9 nitrogen and oxygen atoms in total. The fraction of sp³-hybridized carbons (Fsp3) is 0.739. The minimum Gasteiger partial charge on any atom is -0.491 e. The third-order valence-electron chi connectivity index (χ3n) is 4.71. The zero-order valence-electron chi connectivity index (χ0n) is 20.3. The van der Waals surface area contributed by atoms with Crippen molar-refractivity contribution < 1.29 is 36.1 Å². The Morgan fingerprint density at radius 2 is 1.24 bits per heavy atom. The standard InChI is InChI=1S/C23H40O8S.H3N/c1-2-3-4-5-6-7-8-11-22-12-9-10-13-23(22)30-20-18-28-16-14-27-15-17-29-19-21-31-32(24,25)26;/h9-10,12-13H,2-8,11,14-21H2,1H3,(H,24,25,26);1H3/p+1. The summed E-state index contributed by atoms with van der Waals surface area (Å²) in [5.74, 6) is 0.938. The Balaban J connectivity index is 0.0000102. The molecule has 0 bridgehead atoms. The van der Waals surface area contributed by atoms with Crippen molar-refractivity contribution in [3.05, 3.63) is 29.8 Å². The number of rotatable bonds is 22. The van der Waals surface area contributed by atoms with Crippen LogP contribution in [-0.4, -0.2) is 65.8 Å². The number of benzene rings is 1. The second kappa shape index (κ2) is 21.3. The van der Waals surface area contributed by atoms with Gasteiger partial charge in [-0.05, 0) is 24.5 Å². The number of hydrogen-bond donors (Lipinski definition) is 2. The van der Waals surface area contributed by atoms with Crippen LogP contribution in [0.2, 0.25) is 0 Å². The Kier molecular flexibility index (Phi) is 20.5. The molecule has 1 aromatic rings. The van der Waals surface area contributed by atoms with Crippen LogP contribution in [0, 0.1) is 0 Å². The number of quaternary nitrogens is 1. The Morgan fingerprint density at radius 1 is 0.727 bits per heavy atom. The highest BCUT2D eigenvalue weighted by molar-refractivity contribution is 7.80. The maximum Gasteiger partial charge on any atom is 0.397 e. The summed E-state index contributed by atoms with van der Waals surface area (Å²) in [5.41, 5.74) is 1.26. The third kappa shape index (κ3) is 19.9. The van der Waals surface area contributed by atoms with Crippen LogP contribution in [0.25, 0.3) is 0 Å². The van der Waals surface area contributed by atoms with Gasteiger partial charge in [0, 0.05) is 0 Å².